The van der Waals surface area contributed by atoms with Gasteiger partial charge in [-0.3, -0.25) is 14.2 Å². The molecule has 1 aromatic heterocycles. The number of hydrogen-bond donors (Lipinski definition) is 2. The van der Waals surface area contributed by atoms with Crippen molar-refractivity contribution in [3.8, 4) is 5.69 Å². The first-order valence-electron chi connectivity index (χ1n) is 11.8. The molecular weight excluding hydrogens is 489 g/mol. The van der Waals surface area contributed by atoms with Gasteiger partial charge in [-0.05, 0) is 80.3 Å². The third-order valence-electron chi connectivity index (χ3n) is 6.01. The van der Waals surface area contributed by atoms with E-state index in [0.717, 1.165) is 33.6 Å². The van der Waals surface area contributed by atoms with Gasteiger partial charge in [-0.25, -0.2) is 4.39 Å². The number of aromatic nitrogens is 3. The Kier molecular flexibility index (Phi) is 8.03. The second-order valence-electron chi connectivity index (χ2n) is 8.80. The molecule has 7 nitrogen and oxygen atoms in total. The third-order valence-corrected chi connectivity index (χ3v) is 6.94. The van der Waals surface area contributed by atoms with E-state index in [0.29, 0.717) is 11.0 Å². The van der Waals surface area contributed by atoms with Crippen molar-refractivity contribution in [1.82, 2.24) is 20.1 Å². The zero-order valence-electron chi connectivity index (χ0n) is 21.1. The van der Waals surface area contributed by atoms with Gasteiger partial charge < -0.3 is 10.6 Å². The molecular formula is C28H28FN5O2S. The fourth-order valence-electron chi connectivity index (χ4n) is 3.81. The van der Waals surface area contributed by atoms with Crippen molar-refractivity contribution in [2.24, 2.45) is 0 Å². The summed E-state index contributed by atoms with van der Waals surface area (Å²) in [4.78, 5) is 25.3. The van der Waals surface area contributed by atoms with Crippen LogP contribution in [0.3, 0.4) is 0 Å². The zero-order valence-corrected chi connectivity index (χ0v) is 21.9. The SMILES string of the molecule is Cc1ccc(C)c(NC(=O)CSc2nnc(CNC(=O)c3cccc(F)c3)n2-c2cccc(C)c2C)c1. The lowest BCUT2D eigenvalue weighted by molar-refractivity contribution is -0.113. The summed E-state index contributed by atoms with van der Waals surface area (Å²) < 4.78 is 15.4. The van der Waals surface area contributed by atoms with Gasteiger partial charge in [-0.15, -0.1) is 10.2 Å². The summed E-state index contributed by atoms with van der Waals surface area (Å²) in [5, 5.41) is 14.9. The van der Waals surface area contributed by atoms with Crippen LogP contribution in [0.2, 0.25) is 0 Å². The molecule has 2 N–H and O–H groups in total. The monoisotopic (exact) mass is 517 g/mol. The molecule has 1 heterocycles. The summed E-state index contributed by atoms with van der Waals surface area (Å²) in [6.07, 6.45) is 0. The molecule has 190 valence electrons. The van der Waals surface area contributed by atoms with Gasteiger partial charge in [0.1, 0.15) is 5.82 Å². The third kappa shape index (κ3) is 6.24. The molecule has 4 aromatic rings. The molecule has 0 bridgehead atoms. The number of nitrogens with zero attached hydrogens (tertiary/aromatic N) is 3. The van der Waals surface area contributed by atoms with Crippen molar-refractivity contribution in [2.75, 3.05) is 11.1 Å². The predicted molar refractivity (Wildman–Crippen MR) is 144 cm³/mol. The van der Waals surface area contributed by atoms with Crippen LogP contribution in [0.25, 0.3) is 5.69 Å². The molecule has 2 amide bonds. The van der Waals surface area contributed by atoms with Crippen LogP contribution in [-0.2, 0) is 11.3 Å². The minimum absolute atomic E-state index is 0.0744. The number of amides is 2. The van der Waals surface area contributed by atoms with Gasteiger partial charge in [0.2, 0.25) is 5.91 Å². The number of thioether (sulfide) groups is 1. The number of aryl methyl sites for hydroxylation is 3. The highest BCUT2D eigenvalue weighted by Gasteiger charge is 2.19. The predicted octanol–water partition coefficient (Wildman–Crippen LogP) is 5.30. The summed E-state index contributed by atoms with van der Waals surface area (Å²) >= 11 is 1.26. The number of hydrogen-bond acceptors (Lipinski definition) is 5. The molecule has 0 spiro atoms. The van der Waals surface area contributed by atoms with Gasteiger partial charge in [0.15, 0.2) is 11.0 Å². The van der Waals surface area contributed by atoms with Crippen LogP contribution in [0.15, 0.2) is 65.8 Å². The molecule has 0 saturated heterocycles. The molecule has 0 fully saturated rings. The number of carbonyl (C=O) groups is 2. The number of nitrogens with one attached hydrogen (secondary N) is 2. The summed E-state index contributed by atoms with van der Waals surface area (Å²) in [5.41, 5.74) is 6.02. The maximum absolute atomic E-state index is 13.5. The van der Waals surface area contributed by atoms with E-state index in [1.165, 1.54) is 30.0 Å². The maximum Gasteiger partial charge on any atom is 0.251 e. The topological polar surface area (TPSA) is 88.9 Å². The molecule has 0 saturated carbocycles. The largest absolute Gasteiger partial charge is 0.345 e. The van der Waals surface area contributed by atoms with E-state index in [9.17, 15) is 14.0 Å². The first-order valence-corrected chi connectivity index (χ1v) is 12.8. The minimum atomic E-state index is -0.482. The summed E-state index contributed by atoms with van der Waals surface area (Å²) in [5.74, 6) is -0.432. The lowest BCUT2D eigenvalue weighted by Crippen LogP contribution is -2.25. The normalized spacial score (nSPS) is 10.8. The van der Waals surface area contributed by atoms with E-state index in [1.54, 1.807) is 6.07 Å². The average molecular weight is 518 g/mol. The summed E-state index contributed by atoms with van der Waals surface area (Å²) in [6.45, 7) is 8.01. The second-order valence-corrected chi connectivity index (χ2v) is 9.74. The van der Waals surface area contributed by atoms with Crippen LogP contribution in [0.5, 0.6) is 0 Å². The quantitative estimate of drug-likeness (QED) is 0.310. The summed E-state index contributed by atoms with van der Waals surface area (Å²) in [6, 6.07) is 17.3. The molecule has 3 aromatic carbocycles. The Morgan fingerprint density at radius 3 is 2.51 bits per heavy atom. The first kappa shape index (κ1) is 26.1. The fourth-order valence-corrected chi connectivity index (χ4v) is 4.57. The number of anilines is 1. The van der Waals surface area contributed by atoms with Gasteiger partial charge >= 0.3 is 0 Å². The van der Waals surface area contributed by atoms with Crippen LogP contribution >= 0.6 is 11.8 Å². The Balaban J connectivity index is 1.56. The molecule has 0 aliphatic heterocycles. The van der Waals surface area contributed by atoms with Crippen molar-refractivity contribution in [2.45, 2.75) is 39.4 Å². The molecule has 4 rings (SSSR count). The zero-order chi connectivity index (χ0) is 26.5. The Morgan fingerprint density at radius 1 is 0.946 bits per heavy atom. The van der Waals surface area contributed by atoms with Gasteiger partial charge in [-0.2, -0.15) is 0 Å². The Labute approximate surface area is 219 Å². The molecule has 0 radical (unpaired) electrons. The van der Waals surface area contributed by atoms with Crippen LogP contribution in [-0.4, -0.2) is 32.3 Å². The van der Waals surface area contributed by atoms with E-state index < -0.39 is 11.7 Å². The van der Waals surface area contributed by atoms with E-state index in [1.807, 2.05) is 68.7 Å². The number of benzene rings is 3. The lowest BCUT2D eigenvalue weighted by Gasteiger charge is -2.15. The van der Waals surface area contributed by atoms with Gasteiger partial charge in [-0.1, -0.05) is 42.1 Å². The van der Waals surface area contributed by atoms with Crippen LogP contribution in [0.4, 0.5) is 10.1 Å². The fraction of sp³-hybridized carbons (Fsp3) is 0.214. The second kappa shape index (κ2) is 11.4. The summed E-state index contributed by atoms with van der Waals surface area (Å²) in [7, 11) is 0. The molecule has 0 unspecified atom stereocenters. The Morgan fingerprint density at radius 2 is 1.73 bits per heavy atom. The molecule has 0 aliphatic rings. The van der Waals surface area contributed by atoms with E-state index in [4.69, 9.17) is 0 Å². The first-order chi connectivity index (χ1) is 17.7. The van der Waals surface area contributed by atoms with Gasteiger partial charge in [0.25, 0.3) is 5.91 Å². The van der Waals surface area contributed by atoms with Crippen molar-refractivity contribution in [3.05, 3.63) is 100 Å². The lowest BCUT2D eigenvalue weighted by atomic mass is 10.1. The molecule has 0 aliphatic carbocycles. The van der Waals surface area contributed by atoms with Crippen LogP contribution < -0.4 is 10.6 Å². The van der Waals surface area contributed by atoms with Crippen LogP contribution in [0.1, 0.15) is 38.4 Å². The average Bonchev–Trinajstić information content (AvgIpc) is 3.27. The van der Waals surface area contributed by atoms with Crippen molar-refractivity contribution >= 4 is 29.3 Å². The maximum atomic E-state index is 13.5. The van der Waals surface area contributed by atoms with Crippen LogP contribution in [0, 0.1) is 33.5 Å². The standard InChI is InChI=1S/C28H28FN5O2S/c1-17-11-12-19(3)23(13-17)31-26(35)16-37-28-33-32-25(34(28)24-10-5-7-18(2)20(24)4)15-30-27(36)21-8-6-9-22(29)14-21/h5-14H,15-16H2,1-4H3,(H,30,36)(H,31,35). The van der Waals surface area contributed by atoms with E-state index in [2.05, 4.69) is 20.8 Å². The Bertz CT molecular complexity index is 1470. The van der Waals surface area contributed by atoms with E-state index >= 15 is 0 Å². The van der Waals surface area contributed by atoms with Crippen molar-refractivity contribution in [1.29, 1.82) is 0 Å². The smallest absolute Gasteiger partial charge is 0.251 e. The van der Waals surface area contributed by atoms with Crippen molar-refractivity contribution < 1.29 is 14.0 Å². The minimum Gasteiger partial charge on any atom is -0.345 e. The van der Waals surface area contributed by atoms with Gasteiger partial charge in [0, 0.05) is 11.3 Å². The number of halogens is 1. The molecule has 9 heteroatoms. The van der Waals surface area contributed by atoms with Crippen molar-refractivity contribution in [3.63, 3.8) is 0 Å². The highest BCUT2D eigenvalue weighted by Crippen LogP contribution is 2.26. The van der Waals surface area contributed by atoms with E-state index in [-0.39, 0.29) is 23.8 Å². The highest BCUT2D eigenvalue weighted by atomic mass is 32.2. The van der Waals surface area contributed by atoms with Gasteiger partial charge in [0.05, 0.1) is 18.0 Å². The Hall–Kier alpha value is -3.98. The molecule has 0 atom stereocenters. The number of rotatable bonds is 8. The highest BCUT2D eigenvalue weighted by molar-refractivity contribution is 7.99. The number of carbonyl (C=O) groups excluding carboxylic acids is 2. The molecule has 37 heavy (non-hydrogen) atoms.